The van der Waals surface area contributed by atoms with E-state index >= 15 is 0 Å². The number of hydrogen-bond donors (Lipinski definition) is 1. The van der Waals surface area contributed by atoms with E-state index in [1.54, 1.807) is 0 Å². The fourth-order valence-corrected chi connectivity index (χ4v) is 2.61. The van der Waals surface area contributed by atoms with Crippen molar-refractivity contribution in [1.82, 2.24) is 10.2 Å². The molecule has 0 spiro atoms. The Hall–Kier alpha value is -2.13. The van der Waals surface area contributed by atoms with Crippen LogP contribution in [0.4, 0.5) is 18.9 Å². The molecule has 1 aromatic carbocycles. The number of alkyl halides is 3. The molecule has 0 bridgehead atoms. The highest BCUT2D eigenvalue weighted by molar-refractivity contribution is 5.97. The average molecular weight is 373 g/mol. The summed E-state index contributed by atoms with van der Waals surface area (Å²) in [5.41, 5.74) is -0.829. The van der Waals surface area contributed by atoms with Crippen LogP contribution in [0.15, 0.2) is 24.3 Å². The molecule has 0 aromatic heterocycles. The Labute approximate surface area is 149 Å². The molecule has 2 amide bonds. The number of nitrogens with zero attached hydrogens (tertiary/aromatic N) is 2. The summed E-state index contributed by atoms with van der Waals surface area (Å²) in [7, 11) is 0. The number of rotatable bonds is 6. The number of morpholine rings is 1. The number of amides is 2. The molecule has 0 aliphatic carbocycles. The first-order chi connectivity index (χ1) is 12.3. The number of carbonyl (C=O) groups is 2. The van der Waals surface area contributed by atoms with Crippen LogP contribution in [0.25, 0.3) is 0 Å². The monoisotopic (exact) mass is 373 g/mol. The van der Waals surface area contributed by atoms with E-state index in [9.17, 15) is 22.8 Å². The van der Waals surface area contributed by atoms with Gasteiger partial charge in [-0.05, 0) is 18.2 Å². The number of benzene rings is 1. The number of anilines is 1. The lowest BCUT2D eigenvalue weighted by atomic mass is 10.1. The van der Waals surface area contributed by atoms with Crippen molar-refractivity contribution >= 4 is 17.5 Å². The maximum atomic E-state index is 12.8. The van der Waals surface area contributed by atoms with Crippen LogP contribution in [-0.4, -0.2) is 62.7 Å². The maximum Gasteiger partial charge on any atom is 0.416 e. The third-order valence-electron chi connectivity index (χ3n) is 4.02. The first-order valence-corrected chi connectivity index (χ1v) is 8.29. The van der Waals surface area contributed by atoms with Crippen molar-refractivity contribution < 1.29 is 27.5 Å². The number of hydrogen-bond acceptors (Lipinski definition) is 4. The van der Waals surface area contributed by atoms with Gasteiger partial charge in [-0.15, -0.1) is 0 Å². The molecule has 1 aliphatic heterocycles. The lowest BCUT2D eigenvalue weighted by molar-refractivity contribution is -0.137. The Bertz CT molecular complexity index is 631. The summed E-state index contributed by atoms with van der Waals surface area (Å²) in [5, 5.41) is 2.69. The third-order valence-corrected chi connectivity index (χ3v) is 4.02. The first kappa shape index (κ1) is 20.2. The van der Waals surface area contributed by atoms with Crippen LogP contribution in [0.3, 0.4) is 0 Å². The Morgan fingerprint density at radius 3 is 2.58 bits per heavy atom. The minimum absolute atomic E-state index is 0.0376. The molecule has 26 heavy (non-hydrogen) atoms. The predicted octanol–water partition coefficient (Wildman–Crippen LogP) is 1.51. The molecule has 0 unspecified atom stereocenters. The van der Waals surface area contributed by atoms with Gasteiger partial charge in [0.05, 0.1) is 18.8 Å². The van der Waals surface area contributed by atoms with Gasteiger partial charge in [0.15, 0.2) is 0 Å². The quantitative estimate of drug-likeness (QED) is 0.821. The second-order valence-electron chi connectivity index (χ2n) is 5.96. The summed E-state index contributed by atoms with van der Waals surface area (Å²) >= 11 is 0. The van der Waals surface area contributed by atoms with Crippen LogP contribution in [0.5, 0.6) is 0 Å². The lowest BCUT2D eigenvalue weighted by Gasteiger charge is -2.27. The van der Waals surface area contributed by atoms with Gasteiger partial charge < -0.3 is 15.0 Å². The molecule has 0 saturated carbocycles. The van der Waals surface area contributed by atoms with Gasteiger partial charge >= 0.3 is 6.18 Å². The van der Waals surface area contributed by atoms with Crippen LogP contribution in [0, 0.1) is 0 Å². The van der Waals surface area contributed by atoms with Crippen molar-refractivity contribution in [2.45, 2.75) is 13.1 Å². The normalized spacial score (nSPS) is 15.5. The third kappa shape index (κ3) is 5.99. The molecular weight excluding hydrogens is 351 g/mol. The highest BCUT2D eigenvalue weighted by Crippen LogP contribution is 2.31. The smallest absolute Gasteiger partial charge is 0.379 e. The SMILES string of the molecule is CC(=O)N(CC(=O)NCCN1CCOCC1)c1cccc(C(F)(F)F)c1. The molecule has 9 heteroatoms. The Morgan fingerprint density at radius 1 is 1.27 bits per heavy atom. The van der Waals surface area contributed by atoms with Crippen molar-refractivity contribution in [2.24, 2.45) is 0 Å². The molecule has 144 valence electrons. The molecule has 0 atom stereocenters. The van der Waals surface area contributed by atoms with Gasteiger partial charge in [0.2, 0.25) is 11.8 Å². The van der Waals surface area contributed by atoms with E-state index in [0.717, 1.165) is 30.1 Å². The highest BCUT2D eigenvalue weighted by Gasteiger charge is 2.31. The van der Waals surface area contributed by atoms with Gasteiger partial charge in [-0.1, -0.05) is 6.07 Å². The van der Waals surface area contributed by atoms with Gasteiger partial charge in [0.1, 0.15) is 6.54 Å². The standard InChI is InChI=1S/C17H22F3N3O3/c1-13(24)23(15-4-2-3-14(11-15)17(18,19)20)12-16(25)21-5-6-22-7-9-26-10-8-22/h2-4,11H,5-10,12H2,1H3,(H,21,25). The number of ether oxygens (including phenoxy) is 1. The molecule has 1 heterocycles. The van der Waals surface area contributed by atoms with Gasteiger partial charge in [-0.3, -0.25) is 14.5 Å². The summed E-state index contributed by atoms with van der Waals surface area (Å²) in [5.74, 6) is -0.932. The lowest BCUT2D eigenvalue weighted by Crippen LogP contribution is -2.44. The summed E-state index contributed by atoms with van der Waals surface area (Å²) in [6, 6.07) is 4.37. The zero-order valence-corrected chi connectivity index (χ0v) is 14.5. The minimum Gasteiger partial charge on any atom is -0.379 e. The van der Waals surface area contributed by atoms with Gasteiger partial charge in [0.25, 0.3) is 0 Å². The number of carbonyl (C=O) groups excluding carboxylic acids is 2. The van der Waals surface area contributed by atoms with Crippen LogP contribution in [-0.2, 0) is 20.5 Å². The molecule has 6 nitrogen and oxygen atoms in total. The molecule has 2 rings (SSSR count). The van der Waals surface area contributed by atoms with Gasteiger partial charge in [-0.25, -0.2) is 0 Å². The van der Waals surface area contributed by atoms with Crippen LogP contribution in [0.1, 0.15) is 12.5 Å². The van der Waals surface area contributed by atoms with E-state index < -0.39 is 23.6 Å². The van der Waals surface area contributed by atoms with E-state index in [-0.39, 0.29) is 12.2 Å². The maximum absolute atomic E-state index is 12.8. The summed E-state index contributed by atoms with van der Waals surface area (Å²) in [4.78, 5) is 27.1. The largest absolute Gasteiger partial charge is 0.416 e. The predicted molar refractivity (Wildman–Crippen MR) is 89.7 cm³/mol. The van der Waals surface area contributed by atoms with Crippen LogP contribution >= 0.6 is 0 Å². The topological polar surface area (TPSA) is 61.9 Å². The van der Waals surface area contributed by atoms with Crippen molar-refractivity contribution in [3.63, 3.8) is 0 Å². The molecule has 1 aromatic rings. The summed E-state index contributed by atoms with van der Waals surface area (Å²) in [6.45, 7) is 4.81. The zero-order chi connectivity index (χ0) is 19.2. The van der Waals surface area contributed by atoms with Gasteiger partial charge in [-0.2, -0.15) is 13.2 Å². The molecule has 1 fully saturated rings. The molecule has 0 radical (unpaired) electrons. The van der Waals surface area contributed by atoms with Crippen LogP contribution < -0.4 is 10.2 Å². The van der Waals surface area contributed by atoms with E-state index in [4.69, 9.17) is 4.74 Å². The highest BCUT2D eigenvalue weighted by atomic mass is 19.4. The average Bonchev–Trinajstić information content (AvgIpc) is 2.60. The summed E-state index contributed by atoms with van der Waals surface area (Å²) < 4.78 is 43.8. The molecule has 1 saturated heterocycles. The second-order valence-corrected chi connectivity index (χ2v) is 5.96. The Morgan fingerprint density at radius 2 is 1.96 bits per heavy atom. The van der Waals surface area contributed by atoms with E-state index in [2.05, 4.69) is 10.2 Å². The van der Waals surface area contributed by atoms with E-state index in [0.29, 0.717) is 26.3 Å². The zero-order valence-electron chi connectivity index (χ0n) is 14.5. The van der Waals surface area contributed by atoms with E-state index in [1.807, 2.05) is 0 Å². The Balaban J connectivity index is 1.93. The van der Waals surface area contributed by atoms with E-state index in [1.165, 1.54) is 19.1 Å². The number of nitrogens with one attached hydrogen (secondary N) is 1. The first-order valence-electron chi connectivity index (χ1n) is 8.29. The fraction of sp³-hybridized carbons (Fsp3) is 0.529. The molecule has 1 aliphatic rings. The van der Waals surface area contributed by atoms with Crippen molar-refractivity contribution in [2.75, 3.05) is 50.8 Å². The molecule has 1 N–H and O–H groups in total. The fourth-order valence-electron chi connectivity index (χ4n) is 2.61. The second kappa shape index (κ2) is 9.00. The minimum atomic E-state index is -4.51. The number of halogens is 3. The van der Waals surface area contributed by atoms with Crippen molar-refractivity contribution in [1.29, 1.82) is 0 Å². The molecular formula is C17H22F3N3O3. The van der Waals surface area contributed by atoms with Crippen LogP contribution in [0.2, 0.25) is 0 Å². The van der Waals surface area contributed by atoms with Crippen molar-refractivity contribution in [3.05, 3.63) is 29.8 Å². The van der Waals surface area contributed by atoms with Gasteiger partial charge in [0, 0.05) is 38.8 Å². The summed E-state index contributed by atoms with van der Waals surface area (Å²) in [6.07, 6.45) is -4.51. The Kier molecular flexibility index (Phi) is 6.98. The van der Waals surface area contributed by atoms with Crippen molar-refractivity contribution in [3.8, 4) is 0 Å².